The zero-order valence-electron chi connectivity index (χ0n) is 15.3. The predicted octanol–water partition coefficient (Wildman–Crippen LogP) is 3.47. The minimum Gasteiger partial charge on any atom is -0.463 e. The summed E-state index contributed by atoms with van der Waals surface area (Å²) in [6.45, 7) is 3.87. The van der Waals surface area contributed by atoms with Gasteiger partial charge in [-0.1, -0.05) is 30.3 Å². The molecule has 0 fully saturated rings. The molecular weight excluding hydrogens is 328 g/mol. The predicted molar refractivity (Wildman–Crippen MR) is 99.7 cm³/mol. The van der Waals surface area contributed by atoms with Crippen LogP contribution in [0.15, 0.2) is 41.6 Å². The van der Waals surface area contributed by atoms with E-state index in [1.807, 2.05) is 12.1 Å². The maximum absolute atomic E-state index is 12.7. The molecule has 134 valence electrons. The molecule has 1 aliphatic heterocycles. The molecule has 0 radical (unpaired) electrons. The van der Waals surface area contributed by atoms with Crippen molar-refractivity contribution in [2.75, 3.05) is 13.7 Å². The third kappa shape index (κ3) is 2.38. The van der Waals surface area contributed by atoms with Crippen molar-refractivity contribution in [1.29, 1.82) is 0 Å². The molecule has 1 N–H and O–H groups in total. The highest BCUT2D eigenvalue weighted by molar-refractivity contribution is 5.99. The van der Waals surface area contributed by atoms with Gasteiger partial charge in [-0.2, -0.15) is 0 Å². The monoisotopic (exact) mass is 350 g/mol. The van der Waals surface area contributed by atoms with E-state index in [0.717, 1.165) is 23.8 Å². The Morgan fingerprint density at radius 2 is 1.96 bits per heavy atom. The highest BCUT2D eigenvalue weighted by Crippen LogP contribution is 2.39. The van der Waals surface area contributed by atoms with Crippen LogP contribution < -0.4 is 5.32 Å². The largest absolute Gasteiger partial charge is 0.463 e. The van der Waals surface area contributed by atoms with E-state index in [9.17, 15) is 9.59 Å². The number of esters is 1. The minimum absolute atomic E-state index is 0.219. The Hall–Kier alpha value is -2.82. The lowest BCUT2D eigenvalue weighted by atomic mass is 9.89. The van der Waals surface area contributed by atoms with Gasteiger partial charge in [0.2, 0.25) is 0 Å². The first kappa shape index (κ1) is 16.6. The molecule has 4 rings (SSSR count). The molecule has 2 aromatic carbocycles. The van der Waals surface area contributed by atoms with Crippen molar-refractivity contribution in [1.82, 2.24) is 10.2 Å². The Morgan fingerprint density at radius 1 is 1.23 bits per heavy atom. The van der Waals surface area contributed by atoms with Crippen LogP contribution in [0.5, 0.6) is 0 Å². The fourth-order valence-electron chi connectivity index (χ4n) is 4.06. The maximum atomic E-state index is 12.7. The molecule has 1 heterocycles. The van der Waals surface area contributed by atoms with Gasteiger partial charge in [0.05, 0.1) is 18.2 Å². The number of nitrogens with one attached hydrogen (secondary N) is 1. The van der Waals surface area contributed by atoms with Crippen molar-refractivity contribution in [2.24, 2.45) is 0 Å². The minimum atomic E-state index is -0.511. The van der Waals surface area contributed by atoms with Gasteiger partial charge in [0.25, 0.3) is 0 Å². The number of benzene rings is 2. The Bertz CT molecular complexity index is 951. The third-order valence-electron chi connectivity index (χ3n) is 5.47. The van der Waals surface area contributed by atoms with Gasteiger partial charge in [-0.3, -0.25) is 0 Å². The van der Waals surface area contributed by atoms with Gasteiger partial charge in [0.15, 0.2) is 0 Å². The molecule has 1 atom stereocenters. The number of carbonyl (C=O) groups is 2. The molecule has 1 aliphatic carbocycles. The standard InChI is InChI=1S/C21H22N2O3/c1-4-26-20(24)17-12(2)23(3)21(25)22-19(17)16-11-10-14-9-8-13-6-5-7-15(16)18(13)14/h5-7,10-11,19H,4,8-9H2,1-3H3,(H,22,25)/t19-/m0/s1. The fraction of sp³-hybridized carbons (Fsp3) is 0.333. The number of carbonyl (C=O) groups excluding carboxylic acids is 2. The van der Waals surface area contributed by atoms with Crippen LogP contribution in [0.25, 0.3) is 10.8 Å². The zero-order valence-corrected chi connectivity index (χ0v) is 15.3. The van der Waals surface area contributed by atoms with Crippen LogP contribution >= 0.6 is 0 Å². The summed E-state index contributed by atoms with van der Waals surface area (Å²) in [5.74, 6) is -0.384. The summed E-state index contributed by atoms with van der Waals surface area (Å²) in [7, 11) is 1.66. The highest BCUT2D eigenvalue weighted by atomic mass is 16.5. The summed E-state index contributed by atoms with van der Waals surface area (Å²) < 4.78 is 5.28. The highest BCUT2D eigenvalue weighted by Gasteiger charge is 2.36. The molecule has 2 aromatic rings. The van der Waals surface area contributed by atoms with E-state index in [0.29, 0.717) is 17.9 Å². The number of ether oxygens (including phenoxy) is 1. The summed E-state index contributed by atoms with van der Waals surface area (Å²) in [4.78, 5) is 26.6. The number of aryl methyl sites for hydroxylation is 2. The Balaban J connectivity index is 1.93. The van der Waals surface area contributed by atoms with Gasteiger partial charge < -0.3 is 15.0 Å². The SMILES string of the molecule is CCOC(=O)C1=C(C)N(C)C(=O)N[C@H]1c1ccc2c3c(cccc13)CC2. The molecular formula is C21H22N2O3. The normalized spacial score (nSPS) is 19.1. The summed E-state index contributed by atoms with van der Waals surface area (Å²) in [5.41, 5.74) is 4.72. The smallest absolute Gasteiger partial charge is 0.338 e. The average molecular weight is 350 g/mol. The van der Waals surface area contributed by atoms with E-state index in [-0.39, 0.29) is 12.0 Å². The van der Waals surface area contributed by atoms with Crippen molar-refractivity contribution < 1.29 is 14.3 Å². The molecule has 2 amide bonds. The Kier molecular flexibility index (Phi) is 3.94. The molecule has 26 heavy (non-hydrogen) atoms. The van der Waals surface area contributed by atoms with E-state index >= 15 is 0 Å². The number of hydrogen-bond acceptors (Lipinski definition) is 3. The fourth-order valence-corrected chi connectivity index (χ4v) is 4.06. The lowest BCUT2D eigenvalue weighted by Gasteiger charge is -2.33. The first-order valence-corrected chi connectivity index (χ1v) is 8.98. The Morgan fingerprint density at radius 3 is 2.69 bits per heavy atom. The number of hydrogen-bond donors (Lipinski definition) is 1. The van der Waals surface area contributed by atoms with Crippen molar-refractivity contribution in [3.8, 4) is 0 Å². The molecule has 5 heteroatoms. The van der Waals surface area contributed by atoms with Crippen LogP contribution in [0.4, 0.5) is 4.79 Å². The van der Waals surface area contributed by atoms with Crippen molar-refractivity contribution in [2.45, 2.75) is 32.7 Å². The van der Waals surface area contributed by atoms with E-state index < -0.39 is 6.04 Å². The third-order valence-corrected chi connectivity index (χ3v) is 5.47. The number of urea groups is 1. The van der Waals surface area contributed by atoms with Gasteiger partial charge in [-0.05, 0) is 54.2 Å². The number of nitrogens with zero attached hydrogens (tertiary/aromatic N) is 1. The van der Waals surface area contributed by atoms with E-state index in [1.165, 1.54) is 21.4 Å². The first-order valence-electron chi connectivity index (χ1n) is 8.98. The second-order valence-electron chi connectivity index (χ2n) is 6.81. The number of rotatable bonds is 3. The van der Waals surface area contributed by atoms with Gasteiger partial charge in [-0.25, -0.2) is 9.59 Å². The molecule has 0 aromatic heterocycles. The van der Waals surface area contributed by atoms with Crippen LogP contribution in [0.1, 0.15) is 36.6 Å². The quantitative estimate of drug-likeness (QED) is 0.863. The van der Waals surface area contributed by atoms with Crippen molar-refractivity contribution >= 4 is 22.8 Å². The van der Waals surface area contributed by atoms with E-state index in [4.69, 9.17) is 4.74 Å². The summed E-state index contributed by atoms with van der Waals surface area (Å²) in [5, 5.41) is 5.34. The first-order chi connectivity index (χ1) is 12.5. The molecule has 2 aliphatic rings. The summed E-state index contributed by atoms with van der Waals surface area (Å²) >= 11 is 0. The van der Waals surface area contributed by atoms with Crippen molar-refractivity contribution in [3.63, 3.8) is 0 Å². The summed E-state index contributed by atoms with van der Waals surface area (Å²) in [6, 6.07) is 9.71. The lowest BCUT2D eigenvalue weighted by Crippen LogP contribution is -2.46. The summed E-state index contributed by atoms with van der Waals surface area (Å²) in [6.07, 6.45) is 2.07. The second-order valence-corrected chi connectivity index (χ2v) is 6.81. The van der Waals surface area contributed by atoms with Crippen LogP contribution in [-0.4, -0.2) is 30.6 Å². The van der Waals surface area contributed by atoms with Gasteiger partial charge >= 0.3 is 12.0 Å². The number of allylic oxidation sites excluding steroid dienone is 1. The van der Waals surface area contributed by atoms with Gasteiger partial charge in [0, 0.05) is 12.7 Å². The molecule has 0 saturated heterocycles. The molecule has 0 unspecified atom stereocenters. The molecule has 0 saturated carbocycles. The average Bonchev–Trinajstić information content (AvgIpc) is 3.05. The van der Waals surface area contributed by atoms with E-state index in [2.05, 4.69) is 23.5 Å². The van der Waals surface area contributed by atoms with Gasteiger partial charge in [0.1, 0.15) is 0 Å². The number of amides is 2. The maximum Gasteiger partial charge on any atom is 0.338 e. The van der Waals surface area contributed by atoms with Crippen LogP contribution in [-0.2, 0) is 22.4 Å². The van der Waals surface area contributed by atoms with Crippen LogP contribution in [0, 0.1) is 0 Å². The van der Waals surface area contributed by atoms with Gasteiger partial charge in [-0.15, -0.1) is 0 Å². The van der Waals surface area contributed by atoms with Crippen molar-refractivity contribution in [3.05, 3.63) is 58.3 Å². The zero-order chi connectivity index (χ0) is 18.4. The van der Waals surface area contributed by atoms with Crippen LogP contribution in [0.2, 0.25) is 0 Å². The van der Waals surface area contributed by atoms with Crippen LogP contribution in [0.3, 0.4) is 0 Å². The molecule has 0 spiro atoms. The molecule has 5 nitrogen and oxygen atoms in total. The lowest BCUT2D eigenvalue weighted by molar-refractivity contribution is -0.139. The molecule has 0 bridgehead atoms. The second kappa shape index (κ2) is 6.16. The topological polar surface area (TPSA) is 58.6 Å². The van der Waals surface area contributed by atoms with E-state index in [1.54, 1.807) is 20.9 Å². The Labute approximate surface area is 152 Å².